The summed E-state index contributed by atoms with van der Waals surface area (Å²) in [6.45, 7) is 0.392. The van der Waals surface area contributed by atoms with Gasteiger partial charge in [-0.05, 0) is 30.4 Å². The molecule has 0 saturated carbocycles. The van der Waals surface area contributed by atoms with Gasteiger partial charge >= 0.3 is 0 Å². The van der Waals surface area contributed by atoms with E-state index in [0.717, 1.165) is 5.56 Å². The van der Waals surface area contributed by atoms with E-state index < -0.39 is 38.8 Å². The number of benzene rings is 1. The van der Waals surface area contributed by atoms with Crippen molar-refractivity contribution in [2.75, 3.05) is 45.2 Å². The highest BCUT2D eigenvalue weighted by molar-refractivity contribution is 7.98. The van der Waals surface area contributed by atoms with E-state index in [2.05, 4.69) is 10.0 Å². The number of nitrogens with two attached hydrogens (primary N) is 1. The molecule has 31 heavy (non-hydrogen) atoms. The topological polar surface area (TPSA) is 145 Å². The molecule has 4 N–H and O–H groups in total. The Hall–Kier alpha value is -1.70. The van der Waals surface area contributed by atoms with E-state index >= 15 is 0 Å². The summed E-state index contributed by atoms with van der Waals surface area (Å²) in [7, 11) is -2.52. The van der Waals surface area contributed by atoms with Crippen molar-refractivity contribution in [1.29, 1.82) is 0 Å². The Bertz CT molecular complexity index is 841. The third-order valence-corrected chi connectivity index (χ3v) is 7.42. The molecule has 1 aromatic rings. The number of hydrogen-bond donors (Lipinski definition) is 3. The number of piperazine rings is 1. The molecule has 2 rings (SSSR count). The largest absolute Gasteiger partial charge is 0.633 e. The number of hydroxylamine groups is 3. The minimum Gasteiger partial charge on any atom is -0.633 e. The average Bonchev–Trinajstić information content (AvgIpc) is 2.70. The first-order valence-corrected chi connectivity index (χ1v) is 12.8. The maximum atomic E-state index is 13.0. The van der Waals surface area contributed by atoms with Crippen LogP contribution in [0.25, 0.3) is 0 Å². The van der Waals surface area contributed by atoms with E-state index in [0.29, 0.717) is 12.2 Å². The SMILES string of the molecule is CSCC[C@H](NC(=O)[C@H](Cc1ccccc1)NS(=O)(=O)N1CC[N+](C)([O-])CC1)C(N)=O. The zero-order valence-electron chi connectivity index (χ0n) is 17.8. The highest BCUT2D eigenvalue weighted by atomic mass is 32.2. The molecule has 1 fully saturated rings. The summed E-state index contributed by atoms with van der Waals surface area (Å²) in [6.07, 6.45) is 2.32. The second-order valence-electron chi connectivity index (χ2n) is 7.75. The summed E-state index contributed by atoms with van der Waals surface area (Å²) in [6, 6.07) is 6.95. The van der Waals surface area contributed by atoms with Crippen LogP contribution >= 0.6 is 11.8 Å². The molecule has 1 aliphatic rings. The number of nitrogens with one attached hydrogen (secondary N) is 2. The van der Waals surface area contributed by atoms with Crippen LogP contribution in [0.4, 0.5) is 0 Å². The molecule has 2 atom stereocenters. The molecule has 0 spiro atoms. The predicted molar refractivity (Wildman–Crippen MR) is 121 cm³/mol. The quantitative estimate of drug-likeness (QED) is 0.290. The van der Waals surface area contributed by atoms with E-state index in [-0.39, 0.29) is 32.6 Å². The van der Waals surface area contributed by atoms with Crippen molar-refractivity contribution in [3.8, 4) is 0 Å². The van der Waals surface area contributed by atoms with Crippen molar-refractivity contribution in [3.05, 3.63) is 41.1 Å². The Kier molecular flexibility index (Phi) is 9.28. The Labute approximate surface area is 187 Å². The monoisotopic (exact) mass is 473 g/mol. The maximum absolute atomic E-state index is 13.0. The molecule has 2 amide bonds. The number of hydrogen-bond acceptors (Lipinski definition) is 6. The van der Waals surface area contributed by atoms with Gasteiger partial charge in [0.25, 0.3) is 10.2 Å². The van der Waals surface area contributed by atoms with Crippen LogP contribution < -0.4 is 15.8 Å². The van der Waals surface area contributed by atoms with Gasteiger partial charge in [0.1, 0.15) is 12.1 Å². The highest BCUT2D eigenvalue weighted by Crippen LogP contribution is 2.13. The lowest BCUT2D eigenvalue weighted by molar-refractivity contribution is -0.864. The zero-order chi connectivity index (χ0) is 23.1. The number of amides is 2. The summed E-state index contributed by atoms with van der Waals surface area (Å²) < 4.78 is 29.0. The fourth-order valence-corrected chi connectivity index (χ4v) is 5.01. The van der Waals surface area contributed by atoms with E-state index in [1.807, 2.05) is 12.3 Å². The number of likely N-dealkylation sites (N-methyl/N-ethyl adjacent to an activating group) is 1. The van der Waals surface area contributed by atoms with Crippen molar-refractivity contribution >= 4 is 33.8 Å². The van der Waals surface area contributed by atoms with Gasteiger partial charge < -0.3 is 20.9 Å². The third kappa shape index (κ3) is 8.05. The highest BCUT2D eigenvalue weighted by Gasteiger charge is 2.34. The molecule has 12 heteroatoms. The molecule has 10 nitrogen and oxygen atoms in total. The van der Waals surface area contributed by atoms with Gasteiger partial charge in [-0.25, -0.2) is 0 Å². The first-order valence-electron chi connectivity index (χ1n) is 9.99. The number of primary amides is 1. The van der Waals surface area contributed by atoms with E-state index in [9.17, 15) is 23.2 Å². The molecule has 1 heterocycles. The first kappa shape index (κ1) is 25.6. The summed E-state index contributed by atoms with van der Waals surface area (Å²) >= 11 is 1.51. The number of quaternary nitrogens is 1. The Morgan fingerprint density at radius 2 is 1.84 bits per heavy atom. The molecule has 174 valence electrons. The van der Waals surface area contributed by atoms with Crippen molar-refractivity contribution in [1.82, 2.24) is 14.3 Å². The van der Waals surface area contributed by atoms with E-state index in [4.69, 9.17) is 5.73 Å². The average molecular weight is 474 g/mol. The van der Waals surface area contributed by atoms with Crippen molar-refractivity contribution in [3.63, 3.8) is 0 Å². The lowest BCUT2D eigenvalue weighted by Crippen LogP contribution is -2.60. The van der Waals surface area contributed by atoms with Crippen LogP contribution in [0.2, 0.25) is 0 Å². The first-order chi connectivity index (χ1) is 14.5. The molecule has 1 aliphatic heterocycles. The summed E-state index contributed by atoms with van der Waals surface area (Å²) in [5.41, 5.74) is 6.16. The van der Waals surface area contributed by atoms with Gasteiger partial charge in [0, 0.05) is 0 Å². The number of carbonyl (C=O) groups excluding carboxylic acids is 2. The smallest absolute Gasteiger partial charge is 0.280 e. The Morgan fingerprint density at radius 1 is 1.23 bits per heavy atom. The summed E-state index contributed by atoms with van der Waals surface area (Å²) in [5.74, 6) is -0.686. The maximum Gasteiger partial charge on any atom is 0.280 e. The third-order valence-electron chi connectivity index (χ3n) is 5.15. The van der Waals surface area contributed by atoms with Crippen molar-refractivity contribution in [2.45, 2.75) is 24.9 Å². The van der Waals surface area contributed by atoms with Gasteiger partial charge in [-0.15, -0.1) is 0 Å². The number of rotatable bonds is 11. The lowest BCUT2D eigenvalue weighted by Gasteiger charge is -2.44. The van der Waals surface area contributed by atoms with E-state index in [1.165, 1.54) is 23.1 Å². The molecule has 0 radical (unpaired) electrons. The Balaban J connectivity index is 2.17. The number of nitrogens with zero attached hydrogens (tertiary/aromatic N) is 2. The molecule has 1 aromatic carbocycles. The molecule has 1 saturated heterocycles. The van der Waals surface area contributed by atoms with Crippen LogP contribution in [0, 0.1) is 5.21 Å². The van der Waals surface area contributed by atoms with Crippen LogP contribution in [-0.4, -0.2) is 86.5 Å². The second kappa shape index (κ2) is 11.2. The van der Waals surface area contributed by atoms with E-state index in [1.54, 1.807) is 24.3 Å². The van der Waals surface area contributed by atoms with Gasteiger partial charge in [-0.1, -0.05) is 30.3 Å². The Morgan fingerprint density at radius 3 is 2.39 bits per heavy atom. The standard InChI is InChI=1S/C19H31N5O5S2/c1-24(27)11-9-23(10-12-24)31(28,29)22-17(14-15-6-4-3-5-7-15)19(26)21-16(18(20)25)8-13-30-2/h3-7,16-17,22H,8-14H2,1-2H3,(H2,20,25)(H,21,26)/t16-,17-/m0/s1. The van der Waals surface area contributed by atoms with Crippen molar-refractivity contribution < 1.29 is 22.7 Å². The van der Waals surface area contributed by atoms with Crippen LogP contribution in [-0.2, 0) is 26.2 Å². The van der Waals surface area contributed by atoms with Gasteiger partial charge in [-0.3, -0.25) is 9.59 Å². The minimum atomic E-state index is -4.02. The van der Waals surface area contributed by atoms with Gasteiger partial charge in [-0.2, -0.15) is 29.2 Å². The van der Waals surface area contributed by atoms with Crippen LogP contribution in [0.5, 0.6) is 0 Å². The fourth-order valence-electron chi connectivity index (χ4n) is 3.20. The van der Waals surface area contributed by atoms with Crippen LogP contribution in [0.1, 0.15) is 12.0 Å². The van der Waals surface area contributed by atoms with Gasteiger partial charge in [0.2, 0.25) is 11.8 Å². The van der Waals surface area contributed by atoms with Crippen LogP contribution in [0.15, 0.2) is 30.3 Å². The lowest BCUT2D eigenvalue weighted by atomic mass is 10.1. The molecule has 0 aromatic heterocycles. The van der Waals surface area contributed by atoms with Crippen LogP contribution in [0.3, 0.4) is 0 Å². The summed E-state index contributed by atoms with van der Waals surface area (Å²) in [5, 5.41) is 14.6. The fraction of sp³-hybridized carbons (Fsp3) is 0.579. The molecular formula is C19H31N5O5S2. The second-order valence-corrected chi connectivity index (χ2v) is 10.4. The minimum absolute atomic E-state index is 0.0621. The predicted octanol–water partition coefficient (Wildman–Crippen LogP) is -0.585. The van der Waals surface area contributed by atoms with Gasteiger partial charge in [0.05, 0.1) is 33.2 Å². The summed E-state index contributed by atoms with van der Waals surface area (Å²) in [4.78, 5) is 24.7. The zero-order valence-corrected chi connectivity index (χ0v) is 19.5. The molecule has 0 unspecified atom stereocenters. The number of carbonyl (C=O) groups is 2. The number of thioether (sulfide) groups is 1. The van der Waals surface area contributed by atoms with Crippen molar-refractivity contribution in [2.24, 2.45) is 5.73 Å². The normalized spacial score (nSPS) is 18.8. The molecule has 0 aliphatic carbocycles. The van der Waals surface area contributed by atoms with Gasteiger partial charge in [0.15, 0.2) is 0 Å². The molecule has 0 bridgehead atoms. The molecular weight excluding hydrogens is 442 g/mol.